The highest BCUT2D eigenvalue weighted by Crippen LogP contribution is 2.29. The monoisotopic (exact) mass is 221 g/mol. The van der Waals surface area contributed by atoms with Crippen LogP contribution in [0.3, 0.4) is 0 Å². The van der Waals surface area contributed by atoms with E-state index in [1.165, 1.54) is 11.3 Å². The van der Waals surface area contributed by atoms with Gasteiger partial charge in [0.1, 0.15) is 10.8 Å². The summed E-state index contributed by atoms with van der Waals surface area (Å²) in [6.45, 7) is 1.92. The van der Waals surface area contributed by atoms with Crippen molar-refractivity contribution in [3.63, 3.8) is 0 Å². The maximum Gasteiger partial charge on any atom is 0.119 e. The summed E-state index contributed by atoms with van der Waals surface area (Å²) >= 11 is 1.47. The maximum absolute atomic E-state index is 9.36. The number of thiazole rings is 1. The summed E-state index contributed by atoms with van der Waals surface area (Å²) in [5, 5.41) is 19.0. The molecule has 0 aliphatic rings. The molecule has 2 aromatic rings. The first-order valence-corrected chi connectivity index (χ1v) is 5.39. The molecule has 0 radical (unpaired) electrons. The quantitative estimate of drug-likeness (QED) is 0.818. The number of aliphatic hydroxyl groups excluding tert-OH is 1. The first-order valence-electron chi connectivity index (χ1n) is 4.57. The molecular formula is C11H11NO2S. The van der Waals surface area contributed by atoms with Crippen molar-refractivity contribution >= 4 is 11.3 Å². The first-order chi connectivity index (χ1) is 7.20. The molecule has 0 aliphatic heterocycles. The maximum atomic E-state index is 9.36. The van der Waals surface area contributed by atoms with Gasteiger partial charge in [0.05, 0.1) is 12.3 Å². The Morgan fingerprint density at radius 3 is 2.80 bits per heavy atom. The van der Waals surface area contributed by atoms with E-state index in [2.05, 4.69) is 4.98 Å². The van der Waals surface area contributed by atoms with Crippen LogP contribution in [0.4, 0.5) is 0 Å². The lowest BCUT2D eigenvalue weighted by Crippen LogP contribution is -1.83. The smallest absolute Gasteiger partial charge is 0.119 e. The SMILES string of the molecule is Cc1sc(CO)nc1-c1cccc(O)c1. The lowest BCUT2D eigenvalue weighted by molar-refractivity contribution is 0.281. The van der Waals surface area contributed by atoms with Crippen molar-refractivity contribution in [1.82, 2.24) is 4.98 Å². The molecule has 0 saturated carbocycles. The van der Waals surface area contributed by atoms with Crippen molar-refractivity contribution in [3.8, 4) is 17.0 Å². The van der Waals surface area contributed by atoms with Crippen LogP contribution in [0.5, 0.6) is 5.75 Å². The Labute approximate surface area is 91.7 Å². The summed E-state index contributed by atoms with van der Waals surface area (Å²) in [5.74, 6) is 0.227. The zero-order chi connectivity index (χ0) is 10.8. The van der Waals surface area contributed by atoms with Gasteiger partial charge >= 0.3 is 0 Å². The number of phenolic OH excluding ortho intramolecular Hbond substituents is 1. The van der Waals surface area contributed by atoms with E-state index < -0.39 is 0 Å². The Morgan fingerprint density at radius 2 is 2.20 bits per heavy atom. The van der Waals surface area contributed by atoms with Gasteiger partial charge in [-0.05, 0) is 19.1 Å². The summed E-state index contributed by atoms with van der Waals surface area (Å²) < 4.78 is 0. The molecular weight excluding hydrogens is 210 g/mol. The van der Waals surface area contributed by atoms with Gasteiger partial charge in [0.15, 0.2) is 0 Å². The Balaban J connectivity index is 2.48. The van der Waals surface area contributed by atoms with E-state index in [0.717, 1.165) is 16.1 Å². The van der Waals surface area contributed by atoms with Crippen LogP contribution in [0, 0.1) is 6.92 Å². The van der Waals surface area contributed by atoms with Crippen LogP contribution in [0.25, 0.3) is 11.3 Å². The molecule has 0 bridgehead atoms. The molecule has 0 unspecified atom stereocenters. The second-order valence-electron chi connectivity index (χ2n) is 3.22. The van der Waals surface area contributed by atoms with E-state index in [4.69, 9.17) is 5.11 Å². The minimum atomic E-state index is -0.0374. The third-order valence-electron chi connectivity index (χ3n) is 2.10. The van der Waals surface area contributed by atoms with Crippen LogP contribution in [0.15, 0.2) is 24.3 Å². The average molecular weight is 221 g/mol. The number of phenols is 1. The largest absolute Gasteiger partial charge is 0.508 e. The van der Waals surface area contributed by atoms with Gasteiger partial charge in [0.2, 0.25) is 0 Å². The number of nitrogens with zero attached hydrogens (tertiary/aromatic N) is 1. The molecule has 15 heavy (non-hydrogen) atoms. The van der Waals surface area contributed by atoms with E-state index in [-0.39, 0.29) is 12.4 Å². The summed E-state index contributed by atoms with van der Waals surface area (Å²) in [6.07, 6.45) is 0. The number of hydrogen-bond acceptors (Lipinski definition) is 4. The van der Waals surface area contributed by atoms with Gasteiger partial charge in [-0.3, -0.25) is 0 Å². The van der Waals surface area contributed by atoms with Crippen molar-refractivity contribution < 1.29 is 10.2 Å². The minimum Gasteiger partial charge on any atom is -0.508 e. The summed E-state index contributed by atoms with van der Waals surface area (Å²) in [6, 6.07) is 6.96. The van der Waals surface area contributed by atoms with Crippen molar-refractivity contribution in [1.29, 1.82) is 0 Å². The standard InChI is InChI=1S/C11H11NO2S/c1-7-11(12-10(6-13)15-7)8-3-2-4-9(14)5-8/h2-5,13-14H,6H2,1H3. The van der Waals surface area contributed by atoms with Gasteiger partial charge in [0, 0.05) is 10.4 Å². The van der Waals surface area contributed by atoms with Crippen LogP contribution in [-0.2, 0) is 6.61 Å². The number of aryl methyl sites for hydroxylation is 1. The molecule has 4 heteroatoms. The van der Waals surface area contributed by atoms with Crippen LogP contribution < -0.4 is 0 Å². The van der Waals surface area contributed by atoms with E-state index in [1.54, 1.807) is 18.2 Å². The third kappa shape index (κ3) is 2.00. The summed E-state index contributed by atoms with van der Waals surface area (Å²) in [5.41, 5.74) is 1.71. The fraction of sp³-hybridized carbons (Fsp3) is 0.182. The average Bonchev–Trinajstić information content (AvgIpc) is 2.60. The van der Waals surface area contributed by atoms with Crippen molar-refractivity contribution in [3.05, 3.63) is 34.2 Å². The first kappa shape index (κ1) is 10.1. The van der Waals surface area contributed by atoms with Crippen LogP contribution >= 0.6 is 11.3 Å². The number of benzene rings is 1. The predicted molar refractivity (Wildman–Crippen MR) is 59.9 cm³/mol. The Hall–Kier alpha value is -1.39. The molecule has 1 heterocycles. The number of aromatic hydroxyl groups is 1. The molecule has 0 amide bonds. The van der Waals surface area contributed by atoms with E-state index in [9.17, 15) is 5.11 Å². The molecule has 0 aliphatic carbocycles. The number of hydrogen-bond donors (Lipinski definition) is 2. The van der Waals surface area contributed by atoms with Crippen molar-refractivity contribution in [2.24, 2.45) is 0 Å². The molecule has 0 spiro atoms. The third-order valence-corrected chi connectivity index (χ3v) is 3.05. The van der Waals surface area contributed by atoms with Gasteiger partial charge < -0.3 is 10.2 Å². The van der Waals surface area contributed by atoms with E-state index in [0.29, 0.717) is 5.01 Å². The second kappa shape index (κ2) is 4.00. The van der Waals surface area contributed by atoms with Gasteiger partial charge in [0.25, 0.3) is 0 Å². The van der Waals surface area contributed by atoms with Crippen LogP contribution in [-0.4, -0.2) is 15.2 Å². The van der Waals surface area contributed by atoms with Crippen LogP contribution in [0.2, 0.25) is 0 Å². The highest BCUT2D eigenvalue weighted by molar-refractivity contribution is 7.12. The second-order valence-corrected chi connectivity index (χ2v) is 4.51. The summed E-state index contributed by atoms with van der Waals surface area (Å²) in [7, 11) is 0. The molecule has 78 valence electrons. The predicted octanol–water partition coefficient (Wildman–Crippen LogP) is 2.32. The minimum absolute atomic E-state index is 0.0374. The number of rotatable bonds is 2. The fourth-order valence-corrected chi connectivity index (χ4v) is 2.26. The Morgan fingerprint density at radius 1 is 1.40 bits per heavy atom. The topological polar surface area (TPSA) is 53.4 Å². The highest BCUT2D eigenvalue weighted by Gasteiger charge is 2.09. The van der Waals surface area contributed by atoms with Gasteiger partial charge in [-0.15, -0.1) is 11.3 Å². The summed E-state index contributed by atoms with van der Waals surface area (Å²) in [4.78, 5) is 5.34. The normalized spacial score (nSPS) is 10.5. The molecule has 1 aromatic heterocycles. The van der Waals surface area contributed by atoms with Gasteiger partial charge in [-0.25, -0.2) is 4.98 Å². The molecule has 3 nitrogen and oxygen atoms in total. The molecule has 0 saturated heterocycles. The van der Waals surface area contributed by atoms with Crippen molar-refractivity contribution in [2.75, 3.05) is 0 Å². The lowest BCUT2D eigenvalue weighted by atomic mass is 10.1. The van der Waals surface area contributed by atoms with Gasteiger partial charge in [-0.1, -0.05) is 12.1 Å². The Bertz CT molecular complexity index is 479. The Kier molecular flexibility index (Phi) is 2.70. The van der Waals surface area contributed by atoms with E-state index in [1.807, 2.05) is 13.0 Å². The van der Waals surface area contributed by atoms with Gasteiger partial charge in [-0.2, -0.15) is 0 Å². The molecule has 1 aromatic carbocycles. The fourth-order valence-electron chi connectivity index (χ4n) is 1.44. The highest BCUT2D eigenvalue weighted by atomic mass is 32.1. The van der Waals surface area contributed by atoms with Crippen LogP contribution in [0.1, 0.15) is 9.88 Å². The van der Waals surface area contributed by atoms with Crippen molar-refractivity contribution in [2.45, 2.75) is 13.5 Å². The van der Waals surface area contributed by atoms with E-state index >= 15 is 0 Å². The zero-order valence-corrected chi connectivity index (χ0v) is 9.08. The molecule has 2 rings (SSSR count). The number of aromatic nitrogens is 1. The molecule has 2 N–H and O–H groups in total. The zero-order valence-electron chi connectivity index (χ0n) is 8.27. The number of aliphatic hydroxyl groups is 1. The molecule has 0 fully saturated rings. The molecule has 0 atom stereocenters. The lowest BCUT2D eigenvalue weighted by Gasteiger charge is -1.98.